The van der Waals surface area contributed by atoms with Crippen LogP contribution in [0.25, 0.3) is 0 Å². The van der Waals surface area contributed by atoms with Gasteiger partial charge in [0.25, 0.3) is 0 Å². The van der Waals surface area contributed by atoms with Crippen LogP contribution in [0.15, 0.2) is 0 Å². The number of nitrogens with two attached hydrogens (primary N) is 1. The average Bonchev–Trinajstić information content (AvgIpc) is 2.28. The second-order valence-corrected chi connectivity index (χ2v) is 3.85. The summed E-state index contributed by atoms with van der Waals surface area (Å²) in [6.45, 7) is 3.00. The van der Waals surface area contributed by atoms with Crippen LogP contribution in [0.5, 0.6) is 0 Å². The van der Waals surface area contributed by atoms with Crippen LogP contribution in [0.2, 0.25) is 0 Å². The third-order valence-corrected chi connectivity index (χ3v) is 2.46. The van der Waals surface area contributed by atoms with E-state index in [9.17, 15) is 9.59 Å². The van der Waals surface area contributed by atoms with Crippen molar-refractivity contribution in [2.24, 2.45) is 5.73 Å². The van der Waals surface area contributed by atoms with Crippen molar-refractivity contribution in [3.63, 3.8) is 0 Å². The maximum atomic E-state index is 11.6. The van der Waals surface area contributed by atoms with E-state index in [2.05, 4.69) is 4.74 Å². The Morgan fingerprint density at radius 3 is 2.76 bits per heavy atom. The van der Waals surface area contributed by atoms with Crippen molar-refractivity contribution in [2.45, 2.75) is 25.5 Å². The lowest BCUT2D eigenvalue weighted by Crippen LogP contribution is -2.51. The van der Waals surface area contributed by atoms with Gasteiger partial charge < -0.3 is 20.1 Å². The van der Waals surface area contributed by atoms with Crippen molar-refractivity contribution >= 4 is 24.3 Å². The molecule has 1 aliphatic heterocycles. The van der Waals surface area contributed by atoms with Gasteiger partial charge in [0.05, 0.1) is 32.3 Å². The highest BCUT2D eigenvalue weighted by atomic mass is 35.5. The lowest BCUT2D eigenvalue weighted by Gasteiger charge is -2.33. The number of ether oxygens (including phenoxy) is 2. The molecule has 0 radical (unpaired) electrons. The summed E-state index contributed by atoms with van der Waals surface area (Å²) in [6, 6.07) is -0.517. The third kappa shape index (κ3) is 4.89. The van der Waals surface area contributed by atoms with Crippen LogP contribution in [-0.2, 0) is 19.1 Å². The van der Waals surface area contributed by atoms with Gasteiger partial charge in [-0.2, -0.15) is 0 Å². The molecule has 0 spiro atoms. The Hall–Kier alpha value is -0.850. The Bertz CT molecular complexity index is 273. The lowest BCUT2D eigenvalue weighted by atomic mass is 10.2. The zero-order valence-corrected chi connectivity index (χ0v) is 10.9. The molecule has 2 N–H and O–H groups in total. The predicted molar refractivity (Wildman–Crippen MR) is 63.9 cm³/mol. The quantitative estimate of drug-likeness (QED) is 0.700. The number of methoxy groups -OCH3 is 1. The molecule has 1 saturated heterocycles. The molecule has 1 amide bonds. The number of hydrogen-bond acceptors (Lipinski definition) is 5. The van der Waals surface area contributed by atoms with E-state index >= 15 is 0 Å². The minimum Gasteiger partial charge on any atom is -0.469 e. The number of halogens is 1. The molecule has 0 aromatic rings. The fourth-order valence-electron chi connectivity index (χ4n) is 1.60. The zero-order chi connectivity index (χ0) is 12.1. The van der Waals surface area contributed by atoms with Crippen LogP contribution in [0, 0.1) is 0 Å². The highest BCUT2D eigenvalue weighted by Gasteiger charge is 2.27. The van der Waals surface area contributed by atoms with E-state index in [0.29, 0.717) is 19.7 Å². The van der Waals surface area contributed by atoms with Crippen molar-refractivity contribution in [2.75, 3.05) is 26.8 Å². The van der Waals surface area contributed by atoms with Crippen molar-refractivity contribution < 1.29 is 19.1 Å². The van der Waals surface area contributed by atoms with Gasteiger partial charge in [0.15, 0.2) is 0 Å². The number of amides is 1. The Kier molecular flexibility index (Phi) is 7.10. The van der Waals surface area contributed by atoms with Gasteiger partial charge in [-0.3, -0.25) is 9.59 Å². The van der Waals surface area contributed by atoms with E-state index in [0.717, 1.165) is 0 Å². The Balaban J connectivity index is 0.00000256. The SMILES string of the molecule is COC(=O)CC1CN(C(=O)[C@@H](C)N)CCO1.Cl. The first-order valence-corrected chi connectivity index (χ1v) is 5.27. The van der Waals surface area contributed by atoms with E-state index < -0.39 is 6.04 Å². The molecular formula is C10H19ClN2O4. The van der Waals surface area contributed by atoms with Crippen LogP contribution in [0.3, 0.4) is 0 Å². The van der Waals surface area contributed by atoms with E-state index in [1.54, 1.807) is 11.8 Å². The van der Waals surface area contributed by atoms with E-state index in [-0.39, 0.29) is 36.8 Å². The average molecular weight is 267 g/mol. The number of morpholine rings is 1. The molecule has 1 fully saturated rings. The topological polar surface area (TPSA) is 81.9 Å². The summed E-state index contributed by atoms with van der Waals surface area (Å²) >= 11 is 0. The van der Waals surface area contributed by atoms with E-state index in [1.165, 1.54) is 7.11 Å². The molecule has 0 saturated carbocycles. The Morgan fingerprint density at radius 2 is 2.24 bits per heavy atom. The predicted octanol–water partition coefficient (Wildman–Crippen LogP) is -0.454. The van der Waals surface area contributed by atoms with Gasteiger partial charge in [0, 0.05) is 13.1 Å². The monoisotopic (exact) mass is 266 g/mol. The van der Waals surface area contributed by atoms with Crippen LogP contribution in [0.1, 0.15) is 13.3 Å². The minimum absolute atomic E-state index is 0. The van der Waals surface area contributed by atoms with Crippen LogP contribution < -0.4 is 5.73 Å². The number of hydrogen-bond donors (Lipinski definition) is 1. The summed E-state index contributed by atoms with van der Waals surface area (Å²) in [5.74, 6) is -0.446. The minimum atomic E-state index is -0.517. The zero-order valence-electron chi connectivity index (χ0n) is 10.0. The summed E-state index contributed by atoms with van der Waals surface area (Å²) in [4.78, 5) is 24.3. The molecule has 0 aromatic heterocycles. The molecule has 0 aromatic carbocycles. The first kappa shape index (κ1) is 16.1. The van der Waals surface area contributed by atoms with Crippen LogP contribution in [-0.4, -0.2) is 55.7 Å². The summed E-state index contributed by atoms with van der Waals surface area (Å²) in [5, 5.41) is 0. The molecule has 100 valence electrons. The van der Waals surface area contributed by atoms with Gasteiger partial charge in [-0.15, -0.1) is 12.4 Å². The largest absolute Gasteiger partial charge is 0.469 e. The summed E-state index contributed by atoms with van der Waals surface area (Å²) < 4.78 is 9.92. The van der Waals surface area contributed by atoms with Gasteiger partial charge in [0.1, 0.15) is 0 Å². The molecule has 1 rings (SSSR count). The fourth-order valence-corrected chi connectivity index (χ4v) is 1.60. The molecule has 1 aliphatic rings. The molecule has 2 atom stereocenters. The van der Waals surface area contributed by atoms with Crippen molar-refractivity contribution in [3.05, 3.63) is 0 Å². The standard InChI is InChI=1S/C10H18N2O4.ClH/c1-7(11)10(14)12-3-4-16-8(6-12)5-9(13)15-2;/h7-8H,3-6,11H2,1-2H3;1H/t7-,8?;/m1./s1. The molecule has 0 aliphatic carbocycles. The molecule has 0 bridgehead atoms. The number of esters is 1. The molecule has 1 heterocycles. The Morgan fingerprint density at radius 1 is 1.59 bits per heavy atom. The highest BCUT2D eigenvalue weighted by molar-refractivity contribution is 5.85. The van der Waals surface area contributed by atoms with Gasteiger partial charge in [-0.05, 0) is 6.92 Å². The normalized spacial score (nSPS) is 21.4. The highest BCUT2D eigenvalue weighted by Crippen LogP contribution is 2.10. The molecular weight excluding hydrogens is 248 g/mol. The number of nitrogens with zero attached hydrogens (tertiary/aromatic N) is 1. The van der Waals surface area contributed by atoms with E-state index in [1.807, 2.05) is 0 Å². The van der Waals surface area contributed by atoms with Crippen molar-refractivity contribution in [1.29, 1.82) is 0 Å². The molecule has 7 heteroatoms. The number of carbonyl (C=O) groups is 2. The number of carbonyl (C=O) groups excluding carboxylic acids is 2. The van der Waals surface area contributed by atoms with E-state index in [4.69, 9.17) is 10.5 Å². The molecule has 6 nitrogen and oxygen atoms in total. The summed E-state index contributed by atoms with van der Waals surface area (Å²) in [6.07, 6.45) is -0.122. The van der Waals surface area contributed by atoms with Gasteiger partial charge in [-0.1, -0.05) is 0 Å². The second-order valence-electron chi connectivity index (χ2n) is 3.85. The molecule has 1 unspecified atom stereocenters. The second kappa shape index (κ2) is 7.47. The van der Waals surface area contributed by atoms with Crippen molar-refractivity contribution in [1.82, 2.24) is 4.90 Å². The van der Waals surface area contributed by atoms with Gasteiger partial charge in [0.2, 0.25) is 5.91 Å². The maximum Gasteiger partial charge on any atom is 0.308 e. The van der Waals surface area contributed by atoms with Gasteiger partial charge >= 0.3 is 5.97 Å². The lowest BCUT2D eigenvalue weighted by molar-refractivity contribution is -0.150. The first-order chi connectivity index (χ1) is 7.54. The smallest absolute Gasteiger partial charge is 0.308 e. The molecule has 17 heavy (non-hydrogen) atoms. The van der Waals surface area contributed by atoms with Crippen molar-refractivity contribution in [3.8, 4) is 0 Å². The third-order valence-electron chi connectivity index (χ3n) is 2.46. The Labute approximate surface area is 107 Å². The fraction of sp³-hybridized carbons (Fsp3) is 0.800. The van der Waals surface area contributed by atoms with Crippen LogP contribution >= 0.6 is 12.4 Å². The number of rotatable bonds is 3. The van der Waals surface area contributed by atoms with Gasteiger partial charge in [-0.25, -0.2) is 0 Å². The summed E-state index contributed by atoms with van der Waals surface area (Å²) in [7, 11) is 1.33. The summed E-state index contributed by atoms with van der Waals surface area (Å²) in [5.41, 5.74) is 5.52. The first-order valence-electron chi connectivity index (χ1n) is 5.27. The van der Waals surface area contributed by atoms with Crippen LogP contribution in [0.4, 0.5) is 0 Å². The maximum absolute atomic E-state index is 11.6.